The van der Waals surface area contributed by atoms with Crippen LogP contribution in [-0.4, -0.2) is 65.1 Å². The number of fused-ring (bicyclic) bond motifs is 4. The van der Waals surface area contributed by atoms with Crippen LogP contribution in [0.2, 0.25) is 0 Å². The molecule has 7 aliphatic heterocycles. The van der Waals surface area contributed by atoms with E-state index in [0.29, 0.717) is 24.3 Å². The Balaban J connectivity index is 1.25. The van der Waals surface area contributed by atoms with Crippen LogP contribution >= 0.6 is 0 Å². The zero-order chi connectivity index (χ0) is 37.1. The van der Waals surface area contributed by atoms with Crippen molar-refractivity contribution in [1.82, 2.24) is 9.80 Å². The van der Waals surface area contributed by atoms with Crippen molar-refractivity contribution in [3.05, 3.63) is 140 Å². The summed E-state index contributed by atoms with van der Waals surface area (Å²) in [6, 6.07) is 0. The lowest BCUT2D eigenvalue weighted by Crippen LogP contribution is -2.19. The predicted molar refractivity (Wildman–Crippen MR) is 211 cm³/mol. The molecule has 7 heterocycles. The third kappa shape index (κ3) is 5.98. The maximum absolute atomic E-state index is 13.6. The van der Waals surface area contributed by atoms with Crippen molar-refractivity contribution in [2.45, 2.75) is 60.3 Å². The SMILES string of the molecule is CCC1=C(C)C2=CC3=NC(=CC4=NC(=C5CC(=O)C6=C(C)C(=CC1=N2)N=C56)[C@@H](CCC(=O)OC)[C@@H]4C)C(C)=C3CN1C=CC(=C2C=CN(C)C=C2)C=C1. The van der Waals surface area contributed by atoms with Gasteiger partial charge in [0.1, 0.15) is 0 Å². The van der Waals surface area contributed by atoms with E-state index >= 15 is 0 Å². The maximum Gasteiger partial charge on any atom is 0.305 e. The second kappa shape index (κ2) is 13.4. The molecule has 1 aliphatic carbocycles. The Labute approximate surface area is 311 Å². The van der Waals surface area contributed by atoms with Gasteiger partial charge in [-0.15, -0.1) is 0 Å². The normalized spacial score (nSPS) is 24.5. The summed E-state index contributed by atoms with van der Waals surface area (Å²) in [7, 11) is 3.44. The van der Waals surface area contributed by atoms with Gasteiger partial charge in [-0.3, -0.25) is 14.6 Å². The standard InChI is InChI=1S/C44H44N6O3/c1-8-30-24(2)35-21-39-33(23-50-17-13-29(14-18-50)28-11-15-49(6)16-12-28)26(4)34(46-39)20-36-25(3)31(9-10-41(52)53-7)43(47-36)32-19-40(51)42-27(5)37(48-44(32)42)22-38(30)45-35/h11-18,20-22,25,31H,8-10,19,23H2,1-7H3/t25-,31-/m0/s1. The van der Waals surface area contributed by atoms with E-state index in [-0.39, 0.29) is 36.4 Å². The molecule has 9 heteroatoms. The number of allylic oxidation sites excluding steroid dienone is 16. The molecule has 0 aromatic rings. The lowest BCUT2D eigenvalue weighted by atomic mass is 9.84. The van der Waals surface area contributed by atoms with Crippen LogP contribution in [0.4, 0.5) is 0 Å². The topological polar surface area (TPSA) is 99.3 Å². The summed E-state index contributed by atoms with van der Waals surface area (Å²) in [4.78, 5) is 51.1. The van der Waals surface area contributed by atoms with Gasteiger partial charge in [0.15, 0.2) is 5.78 Å². The molecule has 9 nitrogen and oxygen atoms in total. The van der Waals surface area contributed by atoms with E-state index in [1.165, 1.54) is 12.7 Å². The van der Waals surface area contributed by atoms with Crippen LogP contribution in [0.5, 0.6) is 0 Å². The van der Waals surface area contributed by atoms with Crippen LogP contribution in [0.1, 0.15) is 60.3 Å². The number of esters is 1. The molecule has 0 spiro atoms. The van der Waals surface area contributed by atoms with Crippen molar-refractivity contribution in [2.75, 3.05) is 20.7 Å². The Morgan fingerprint density at radius 1 is 0.830 bits per heavy atom. The molecular formula is C44H44N6O3. The molecule has 8 bridgehead atoms. The van der Waals surface area contributed by atoms with Gasteiger partial charge < -0.3 is 14.5 Å². The summed E-state index contributed by atoms with van der Waals surface area (Å²) >= 11 is 0. The highest BCUT2D eigenvalue weighted by Gasteiger charge is 2.42. The highest BCUT2D eigenvalue weighted by molar-refractivity contribution is 6.38. The lowest BCUT2D eigenvalue weighted by molar-refractivity contribution is -0.140. The van der Waals surface area contributed by atoms with Crippen molar-refractivity contribution in [2.24, 2.45) is 31.8 Å². The van der Waals surface area contributed by atoms with E-state index in [2.05, 4.69) is 93.9 Å². The molecule has 0 aromatic carbocycles. The number of carbonyl (C=O) groups excluding carboxylic acids is 2. The zero-order valence-corrected chi connectivity index (χ0v) is 31.4. The lowest BCUT2D eigenvalue weighted by Gasteiger charge is -2.22. The van der Waals surface area contributed by atoms with Gasteiger partial charge in [0.05, 0.1) is 47.0 Å². The molecular weight excluding hydrogens is 661 g/mol. The number of hydrogen-bond acceptors (Lipinski definition) is 9. The number of ether oxygens (including phenoxy) is 1. The first-order chi connectivity index (χ1) is 25.5. The van der Waals surface area contributed by atoms with Gasteiger partial charge >= 0.3 is 5.97 Å². The fraction of sp³-hybridized carbons (Fsp3) is 0.318. The Hall–Kier alpha value is -5.70. The monoisotopic (exact) mass is 704 g/mol. The van der Waals surface area contributed by atoms with Crippen molar-refractivity contribution >= 4 is 34.6 Å². The summed E-state index contributed by atoms with van der Waals surface area (Å²) < 4.78 is 5.03. The van der Waals surface area contributed by atoms with Gasteiger partial charge in [-0.2, -0.15) is 0 Å². The van der Waals surface area contributed by atoms with Crippen molar-refractivity contribution in [1.29, 1.82) is 0 Å². The summed E-state index contributed by atoms with van der Waals surface area (Å²) in [6.07, 6.45) is 25.0. The fourth-order valence-electron chi connectivity index (χ4n) is 8.25. The van der Waals surface area contributed by atoms with E-state index < -0.39 is 0 Å². The first-order valence-corrected chi connectivity index (χ1v) is 18.4. The number of carbonyl (C=O) groups is 2. The van der Waals surface area contributed by atoms with Gasteiger partial charge in [-0.1, -0.05) is 13.8 Å². The second-order valence-corrected chi connectivity index (χ2v) is 14.6. The minimum Gasteiger partial charge on any atom is -0.469 e. The summed E-state index contributed by atoms with van der Waals surface area (Å²) in [5, 5.41) is 0. The van der Waals surface area contributed by atoms with Gasteiger partial charge in [0.2, 0.25) is 0 Å². The van der Waals surface area contributed by atoms with Crippen LogP contribution < -0.4 is 0 Å². The third-order valence-corrected chi connectivity index (χ3v) is 11.5. The Kier molecular flexibility index (Phi) is 8.68. The molecule has 2 atom stereocenters. The number of Topliss-reactive ketones (excluding diaryl/α,β-unsaturated/α-hetero) is 1. The molecule has 1 saturated carbocycles. The third-order valence-electron chi connectivity index (χ3n) is 11.5. The van der Waals surface area contributed by atoms with Crippen molar-refractivity contribution in [3.8, 4) is 0 Å². The minimum absolute atomic E-state index is 0.0126. The quantitative estimate of drug-likeness (QED) is 0.262. The number of aliphatic imine (C=N–C) groups is 4. The predicted octanol–water partition coefficient (Wildman–Crippen LogP) is 7.87. The van der Waals surface area contributed by atoms with Gasteiger partial charge in [0, 0.05) is 85.5 Å². The number of hydrogen-bond donors (Lipinski definition) is 0. The molecule has 0 amide bonds. The minimum atomic E-state index is -0.259. The highest BCUT2D eigenvalue weighted by atomic mass is 16.5. The Morgan fingerprint density at radius 2 is 1.43 bits per heavy atom. The average molecular weight is 705 g/mol. The molecule has 53 heavy (non-hydrogen) atoms. The highest BCUT2D eigenvalue weighted by Crippen LogP contribution is 2.45. The number of ketones is 1. The van der Waals surface area contributed by atoms with Crippen LogP contribution in [0, 0.1) is 11.8 Å². The summed E-state index contributed by atoms with van der Waals surface area (Å²) in [5.74, 6) is -0.293. The van der Waals surface area contributed by atoms with Crippen molar-refractivity contribution in [3.63, 3.8) is 0 Å². The first kappa shape index (κ1) is 34.4. The van der Waals surface area contributed by atoms with Crippen LogP contribution in [0.3, 0.4) is 0 Å². The zero-order valence-electron chi connectivity index (χ0n) is 31.4. The van der Waals surface area contributed by atoms with Crippen LogP contribution in [0.25, 0.3) is 0 Å². The Morgan fingerprint density at radius 3 is 2.09 bits per heavy atom. The smallest absolute Gasteiger partial charge is 0.305 e. The molecule has 8 aliphatic rings. The van der Waals surface area contributed by atoms with E-state index in [4.69, 9.17) is 24.7 Å². The van der Waals surface area contributed by atoms with Crippen molar-refractivity contribution < 1.29 is 14.3 Å². The van der Waals surface area contributed by atoms with Crippen LogP contribution in [-0.2, 0) is 14.3 Å². The molecule has 0 N–H and O–H groups in total. The fourth-order valence-corrected chi connectivity index (χ4v) is 8.25. The van der Waals surface area contributed by atoms with Crippen LogP contribution in [0.15, 0.2) is 160 Å². The van der Waals surface area contributed by atoms with E-state index in [9.17, 15) is 9.59 Å². The molecule has 0 unspecified atom stereocenters. The van der Waals surface area contributed by atoms with E-state index in [1.54, 1.807) is 0 Å². The molecule has 0 saturated heterocycles. The summed E-state index contributed by atoms with van der Waals surface area (Å²) in [6.45, 7) is 11.2. The molecule has 0 radical (unpaired) electrons. The second-order valence-electron chi connectivity index (χ2n) is 14.6. The molecule has 8 rings (SSSR count). The number of nitrogens with zero attached hydrogens (tertiary/aromatic N) is 6. The van der Waals surface area contributed by atoms with Gasteiger partial charge in [-0.25, -0.2) is 15.0 Å². The first-order valence-electron chi connectivity index (χ1n) is 18.4. The maximum atomic E-state index is 13.6. The largest absolute Gasteiger partial charge is 0.469 e. The molecule has 0 aromatic heterocycles. The van der Waals surface area contributed by atoms with E-state index in [1.807, 2.05) is 24.9 Å². The number of rotatable bonds is 6. The summed E-state index contributed by atoms with van der Waals surface area (Å²) in [5.41, 5.74) is 15.9. The number of methoxy groups -OCH3 is 1. The Bertz CT molecular complexity index is 2270. The van der Waals surface area contributed by atoms with Gasteiger partial charge in [-0.05, 0) is 110 Å². The molecule has 1 fully saturated rings. The molecule has 268 valence electrons. The average Bonchev–Trinajstić information content (AvgIpc) is 3.91. The van der Waals surface area contributed by atoms with E-state index in [0.717, 1.165) is 85.4 Å². The van der Waals surface area contributed by atoms with Gasteiger partial charge in [0.25, 0.3) is 0 Å².